The van der Waals surface area contributed by atoms with Crippen LogP contribution in [0.4, 0.5) is 5.82 Å². The van der Waals surface area contributed by atoms with E-state index in [0.29, 0.717) is 62.1 Å². The van der Waals surface area contributed by atoms with Crippen LogP contribution in [-0.2, 0) is 4.74 Å². The molecule has 0 saturated carbocycles. The summed E-state index contributed by atoms with van der Waals surface area (Å²) in [6, 6.07) is 10.6. The van der Waals surface area contributed by atoms with Crippen LogP contribution in [0.2, 0.25) is 0 Å². The molecule has 1 aromatic heterocycles. The number of rotatable bonds is 3. The van der Waals surface area contributed by atoms with E-state index in [1.807, 2.05) is 34.1 Å². The molecular formula is C26H34N4O4. The van der Waals surface area contributed by atoms with Crippen LogP contribution in [0.3, 0.4) is 0 Å². The third-order valence-corrected chi connectivity index (χ3v) is 7.00. The standard InChI is InChI=1S/C26H34N4O4/c1-33-19-26-9-4-5-13-29(24(31)20-8-12-28-23(27)18-20)16-17-34-22-7-3-2-6-21(22)25(32)30(14-10-26)15-11-26/h2-3,6-8,12,18H,4-5,9-11,13-17,19H2,1H3,(H2,27,28). The molecule has 8 nitrogen and oxygen atoms in total. The number of hydrogen-bond donors (Lipinski definition) is 1. The third kappa shape index (κ3) is 5.50. The van der Waals surface area contributed by atoms with Crippen molar-refractivity contribution in [2.45, 2.75) is 32.1 Å². The smallest absolute Gasteiger partial charge is 0.257 e. The number of benzene rings is 1. The Balaban J connectivity index is 1.58. The van der Waals surface area contributed by atoms with Gasteiger partial charge in [0.2, 0.25) is 0 Å². The summed E-state index contributed by atoms with van der Waals surface area (Å²) in [4.78, 5) is 34.3. The van der Waals surface area contributed by atoms with Crippen molar-refractivity contribution >= 4 is 17.6 Å². The zero-order chi connectivity index (χ0) is 24.0. The minimum atomic E-state index is -0.0926. The maximum absolute atomic E-state index is 13.3. The number of para-hydroxylation sites is 1. The molecule has 8 heteroatoms. The Kier molecular flexibility index (Phi) is 7.67. The average Bonchev–Trinajstić information content (AvgIpc) is 2.86. The molecule has 0 radical (unpaired) electrons. The van der Waals surface area contributed by atoms with Gasteiger partial charge >= 0.3 is 0 Å². The van der Waals surface area contributed by atoms with Gasteiger partial charge in [-0.05, 0) is 55.4 Å². The summed E-state index contributed by atoms with van der Waals surface area (Å²) in [5.74, 6) is 0.776. The van der Waals surface area contributed by atoms with Gasteiger partial charge in [0.1, 0.15) is 18.2 Å². The number of carbonyl (C=O) groups excluding carboxylic acids is 2. The molecule has 1 aromatic carbocycles. The number of fused-ring (bicyclic) bond motifs is 9. The van der Waals surface area contributed by atoms with Crippen molar-refractivity contribution in [1.82, 2.24) is 14.8 Å². The molecule has 182 valence electrons. The molecule has 2 bridgehead atoms. The van der Waals surface area contributed by atoms with E-state index in [1.165, 1.54) is 0 Å². The van der Waals surface area contributed by atoms with E-state index in [-0.39, 0.29) is 17.2 Å². The lowest BCUT2D eigenvalue weighted by molar-refractivity contribution is 0.0136. The number of hydrogen-bond acceptors (Lipinski definition) is 6. The van der Waals surface area contributed by atoms with Gasteiger partial charge in [-0.15, -0.1) is 0 Å². The second-order valence-corrected chi connectivity index (χ2v) is 9.29. The van der Waals surface area contributed by atoms with E-state index in [9.17, 15) is 9.59 Å². The normalized spacial score (nSPS) is 19.0. The molecule has 4 heterocycles. The molecular weight excluding hydrogens is 432 g/mol. The Morgan fingerprint density at radius 2 is 1.91 bits per heavy atom. The number of nitrogens with zero attached hydrogens (tertiary/aromatic N) is 3. The highest BCUT2D eigenvalue weighted by molar-refractivity contribution is 5.97. The van der Waals surface area contributed by atoms with Crippen molar-refractivity contribution < 1.29 is 19.1 Å². The van der Waals surface area contributed by atoms with Crippen molar-refractivity contribution in [3.63, 3.8) is 0 Å². The second kappa shape index (κ2) is 10.9. The van der Waals surface area contributed by atoms with Gasteiger partial charge in [0, 0.05) is 38.5 Å². The predicted octanol–water partition coefficient (Wildman–Crippen LogP) is 3.24. The van der Waals surface area contributed by atoms with E-state index in [0.717, 1.165) is 32.1 Å². The van der Waals surface area contributed by atoms with E-state index in [4.69, 9.17) is 15.2 Å². The van der Waals surface area contributed by atoms with Gasteiger partial charge < -0.3 is 25.0 Å². The molecule has 2 N–H and O–H groups in total. The second-order valence-electron chi connectivity index (χ2n) is 9.29. The number of carbonyl (C=O) groups is 2. The zero-order valence-electron chi connectivity index (χ0n) is 19.9. The van der Waals surface area contributed by atoms with Gasteiger partial charge in [-0.2, -0.15) is 0 Å². The SMILES string of the molecule is COCC12CCCCN(C(=O)c3ccnc(N)c3)CCOc3ccccc3C(=O)N(CC1)CC2. The lowest BCUT2D eigenvalue weighted by Gasteiger charge is -2.41. The molecule has 1 saturated heterocycles. The fourth-order valence-electron chi connectivity index (χ4n) is 5.04. The van der Waals surface area contributed by atoms with Crippen LogP contribution in [0, 0.1) is 5.41 Å². The number of aromatic nitrogens is 1. The van der Waals surface area contributed by atoms with E-state index >= 15 is 0 Å². The topological polar surface area (TPSA) is 98.0 Å². The van der Waals surface area contributed by atoms with Crippen LogP contribution in [0.1, 0.15) is 52.8 Å². The fraction of sp³-hybridized carbons (Fsp3) is 0.500. The Morgan fingerprint density at radius 3 is 2.68 bits per heavy atom. The summed E-state index contributed by atoms with van der Waals surface area (Å²) in [5, 5.41) is 0. The largest absolute Gasteiger partial charge is 0.491 e. The van der Waals surface area contributed by atoms with Crippen molar-refractivity contribution in [3.8, 4) is 5.75 Å². The number of anilines is 1. The molecule has 1 fully saturated rings. The zero-order valence-corrected chi connectivity index (χ0v) is 19.9. The molecule has 34 heavy (non-hydrogen) atoms. The first-order chi connectivity index (χ1) is 16.5. The monoisotopic (exact) mass is 466 g/mol. The van der Waals surface area contributed by atoms with Gasteiger partial charge in [0.05, 0.1) is 18.7 Å². The number of pyridine rings is 1. The Morgan fingerprint density at radius 1 is 1.12 bits per heavy atom. The maximum atomic E-state index is 13.3. The summed E-state index contributed by atoms with van der Waals surface area (Å²) in [6.45, 7) is 3.45. The van der Waals surface area contributed by atoms with Crippen molar-refractivity contribution in [1.29, 1.82) is 0 Å². The van der Waals surface area contributed by atoms with E-state index < -0.39 is 0 Å². The summed E-state index contributed by atoms with van der Waals surface area (Å²) < 4.78 is 11.6. The number of nitrogen functional groups attached to an aromatic ring is 1. The molecule has 5 rings (SSSR count). The number of methoxy groups -OCH3 is 1. The summed E-state index contributed by atoms with van der Waals surface area (Å²) in [7, 11) is 1.75. The lowest BCUT2D eigenvalue weighted by Crippen LogP contribution is -2.45. The van der Waals surface area contributed by atoms with Gasteiger partial charge in [-0.3, -0.25) is 9.59 Å². The summed E-state index contributed by atoms with van der Waals surface area (Å²) in [6.07, 6.45) is 6.26. The van der Waals surface area contributed by atoms with Crippen LogP contribution in [-0.4, -0.2) is 73.1 Å². The Hall–Kier alpha value is -3.13. The van der Waals surface area contributed by atoms with Crippen LogP contribution in [0.25, 0.3) is 0 Å². The van der Waals surface area contributed by atoms with Crippen molar-refractivity contribution in [3.05, 3.63) is 53.7 Å². The number of amides is 2. The molecule has 2 amide bonds. The number of ether oxygens (including phenoxy) is 2. The van der Waals surface area contributed by atoms with E-state index in [1.54, 1.807) is 25.4 Å². The maximum Gasteiger partial charge on any atom is 0.257 e. The van der Waals surface area contributed by atoms with Crippen LogP contribution < -0.4 is 10.5 Å². The number of nitrogens with two attached hydrogens (primary N) is 1. The Bertz CT molecular complexity index is 1000. The summed E-state index contributed by atoms with van der Waals surface area (Å²) in [5.41, 5.74) is 6.95. The van der Waals surface area contributed by atoms with E-state index in [2.05, 4.69) is 4.98 Å². The third-order valence-electron chi connectivity index (χ3n) is 7.00. The molecule has 2 aromatic rings. The van der Waals surface area contributed by atoms with Crippen molar-refractivity contribution in [2.24, 2.45) is 5.41 Å². The number of piperidine rings is 1. The van der Waals surface area contributed by atoms with Gasteiger partial charge in [-0.1, -0.05) is 18.6 Å². The fourth-order valence-corrected chi connectivity index (χ4v) is 5.04. The molecule has 3 aliphatic rings. The molecule has 0 aliphatic carbocycles. The minimum Gasteiger partial charge on any atom is -0.491 e. The van der Waals surface area contributed by atoms with Gasteiger partial charge in [0.25, 0.3) is 11.8 Å². The highest BCUT2D eigenvalue weighted by atomic mass is 16.5. The molecule has 0 atom stereocenters. The van der Waals surface area contributed by atoms with Gasteiger partial charge in [-0.25, -0.2) is 4.98 Å². The summed E-state index contributed by atoms with van der Waals surface area (Å²) >= 11 is 0. The van der Waals surface area contributed by atoms with Crippen molar-refractivity contribution in [2.75, 3.05) is 52.2 Å². The molecule has 0 spiro atoms. The predicted molar refractivity (Wildman–Crippen MR) is 130 cm³/mol. The first kappa shape index (κ1) is 24.0. The minimum absolute atomic E-state index is 0.00307. The van der Waals surface area contributed by atoms with Crippen LogP contribution in [0.15, 0.2) is 42.6 Å². The average molecular weight is 467 g/mol. The highest BCUT2D eigenvalue weighted by Crippen LogP contribution is 2.38. The highest BCUT2D eigenvalue weighted by Gasteiger charge is 2.36. The van der Waals surface area contributed by atoms with Crippen LogP contribution in [0.5, 0.6) is 5.75 Å². The first-order valence-electron chi connectivity index (χ1n) is 12.0. The molecule has 3 aliphatic heterocycles. The first-order valence-corrected chi connectivity index (χ1v) is 12.0. The Labute approximate surface area is 201 Å². The lowest BCUT2D eigenvalue weighted by atomic mass is 9.75. The van der Waals surface area contributed by atoms with Gasteiger partial charge in [0.15, 0.2) is 0 Å². The van der Waals surface area contributed by atoms with Crippen LogP contribution >= 0.6 is 0 Å². The quantitative estimate of drug-likeness (QED) is 0.746. The molecule has 0 unspecified atom stereocenters.